The minimum atomic E-state index is -1.35. The van der Waals surface area contributed by atoms with Crippen molar-refractivity contribution in [1.29, 1.82) is 0 Å². The molecule has 1 aliphatic carbocycles. The maximum Gasteiger partial charge on any atom is 0.338 e. The van der Waals surface area contributed by atoms with Gasteiger partial charge >= 0.3 is 5.97 Å². The first-order chi connectivity index (χ1) is 15.8. The second-order valence-electron chi connectivity index (χ2n) is 9.17. The Balaban J connectivity index is 1.41. The van der Waals surface area contributed by atoms with E-state index in [0.717, 1.165) is 17.8 Å². The molecule has 4 rings (SSSR count). The number of hydrogen-bond donors (Lipinski definition) is 2. The molecular formula is C25H28FN3O3S. The van der Waals surface area contributed by atoms with E-state index in [4.69, 9.17) is 9.84 Å². The topological polar surface area (TPSA) is 76.4 Å². The predicted octanol–water partition coefficient (Wildman–Crippen LogP) is 6.52. The maximum atomic E-state index is 14.1. The smallest absolute Gasteiger partial charge is 0.338 e. The van der Waals surface area contributed by atoms with Crippen LogP contribution in [0.15, 0.2) is 53.7 Å². The molecule has 0 aliphatic heterocycles. The minimum absolute atomic E-state index is 0.238. The normalized spacial score (nSPS) is 15.9. The summed E-state index contributed by atoms with van der Waals surface area (Å²) < 4.78 is 24.1. The van der Waals surface area contributed by atoms with E-state index in [0.29, 0.717) is 22.0 Å². The summed E-state index contributed by atoms with van der Waals surface area (Å²) in [6.45, 7) is 4.71. The lowest BCUT2D eigenvalue weighted by atomic mass is 9.71. The van der Waals surface area contributed by atoms with Crippen molar-refractivity contribution < 1.29 is 19.0 Å². The molecule has 0 saturated heterocycles. The maximum absolute atomic E-state index is 14.1. The van der Waals surface area contributed by atoms with Crippen molar-refractivity contribution in [3.63, 3.8) is 0 Å². The lowest BCUT2D eigenvalue weighted by Gasteiger charge is -2.34. The van der Waals surface area contributed by atoms with Gasteiger partial charge in [0.2, 0.25) is 0 Å². The Morgan fingerprint density at radius 2 is 1.91 bits per heavy atom. The van der Waals surface area contributed by atoms with Gasteiger partial charge in [-0.2, -0.15) is 5.10 Å². The quantitative estimate of drug-likeness (QED) is 0.384. The second kappa shape index (κ2) is 9.47. The lowest BCUT2D eigenvalue weighted by Crippen LogP contribution is -2.20. The fourth-order valence-corrected chi connectivity index (χ4v) is 4.84. The van der Waals surface area contributed by atoms with E-state index in [2.05, 4.69) is 47.9 Å². The monoisotopic (exact) mass is 469 g/mol. The number of ether oxygens (including phenoxy) is 1. The number of aromatic carboxylic acids is 1. The highest BCUT2D eigenvalue weighted by Gasteiger charge is 2.27. The Labute approximate surface area is 197 Å². The molecule has 8 heteroatoms. The molecule has 33 heavy (non-hydrogen) atoms. The van der Waals surface area contributed by atoms with Crippen molar-refractivity contribution in [3.05, 3.63) is 65.6 Å². The van der Waals surface area contributed by atoms with E-state index in [9.17, 15) is 9.18 Å². The number of nitrogens with zero attached hydrogens (tertiary/aromatic N) is 2. The van der Waals surface area contributed by atoms with Crippen LogP contribution in [0.4, 0.5) is 10.1 Å². The number of benzene rings is 2. The summed E-state index contributed by atoms with van der Waals surface area (Å²) in [6, 6.07) is 12.7. The van der Waals surface area contributed by atoms with E-state index < -0.39 is 17.3 Å². The number of carboxylic acids is 1. The molecule has 0 bridgehead atoms. The van der Waals surface area contributed by atoms with Crippen molar-refractivity contribution in [2.75, 3.05) is 11.8 Å². The molecule has 6 nitrogen and oxygen atoms in total. The van der Waals surface area contributed by atoms with Crippen LogP contribution in [-0.2, 0) is 0 Å². The van der Waals surface area contributed by atoms with Gasteiger partial charge in [0.1, 0.15) is 16.6 Å². The average molecular weight is 470 g/mol. The van der Waals surface area contributed by atoms with Gasteiger partial charge in [-0.1, -0.05) is 26.0 Å². The number of hydrogen-bond acceptors (Lipinski definition) is 5. The largest absolute Gasteiger partial charge is 0.495 e. The molecule has 0 radical (unpaired) electrons. The third kappa shape index (κ3) is 5.33. The summed E-state index contributed by atoms with van der Waals surface area (Å²) in [5.41, 5.74) is 2.71. The van der Waals surface area contributed by atoms with Gasteiger partial charge in [-0.05, 0) is 66.8 Å². The lowest BCUT2D eigenvalue weighted by molar-refractivity contribution is 0.0691. The van der Waals surface area contributed by atoms with Gasteiger partial charge in [-0.15, -0.1) is 0 Å². The Morgan fingerprint density at radius 3 is 2.55 bits per heavy atom. The van der Waals surface area contributed by atoms with Gasteiger partial charge in [-0.3, -0.25) is 0 Å². The molecule has 1 aromatic heterocycles. The highest BCUT2D eigenvalue weighted by atomic mass is 32.2. The number of methoxy groups -OCH3 is 1. The van der Waals surface area contributed by atoms with Gasteiger partial charge in [0.25, 0.3) is 0 Å². The van der Waals surface area contributed by atoms with Crippen LogP contribution in [0.25, 0.3) is 5.69 Å². The summed E-state index contributed by atoms with van der Waals surface area (Å²) in [4.78, 5) is 11.1. The highest BCUT2D eigenvalue weighted by Crippen LogP contribution is 2.42. The molecule has 3 aromatic rings. The Morgan fingerprint density at radius 1 is 1.21 bits per heavy atom. The fourth-order valence-electron chi connectivity index (χ4n) is 4.21. The first-order valence-corrected chi connectivity index (χ1v) is 11.8. The van der Waals surface area contributed by atoms with Gasteiger partial charge in [0.15, 0.2) is 0 Å². The number of carboxylic acid groups (broad SMARTS) is 1. The first kappa shape index (κ1) is 23.2. The summed E-state index contributed by atoms with van der Waals surface area (Å²) in [6.07, 6.45) is 6.86. The summed E-state index contributed by atoms with van der Waals surface area (Å²) in [7, 11) is 1.40. The van der Waals surface area contributed by atoms with Crippen LogP contribution >= 0.6 is 11.9 Å². The molecule has 1 heterocycles. The number of anilines is 1. The Hall–Kier alpha value is -3.00. The van der Waals surface area contributed by atoms with Crippen LogP contribution in [0, 0.1) is 11.2 Å². The van der Waals surface area contributed by atoms with Gasteiger partial charge < -0.3 is 14.6 Å². The van der Waals surface area contributed by atoms with Crippen LogP contribution in [0.5, 0.6) is 5.75 Å². The van der Waals surface area contributed by atoms with Crippen molar-refractivity contribution in [2.24, 2.45) is 5.41 Å². The third-order valence-electron chi connectivity index (χ3n) is 6.32. The molecule has 2 N–H and O–H groups in total. The molecule has 0 unspecified atom stereocenters. The molecular weight excluding hydrogens is 441 g/mol. The standard InChI is InChI=1S/C25H28FN3O3S/c1-25(2)11-8-17(9-12-25)16-4-6-18(7-5-16)29-13-10-23(27-29)33-28-21-15-20(26)19(24(30)31)14-22(21)32-3/h4-7,10,13-15,17,28H,8-9,11-12H2,1-3H3,(H,30,31). The number of nitrogens with one attached hydrogen (secondary N) is 1. The predicted molar refractivity (Wildman–Crippen MR) is 128 cm³/mol. The van der Waals surface area contributed by atoms with Crippen molar-refractivity contribution in [1.82, 2.24) is 9.78 Å². The van der Waals surface area contributed by atoms with Gasteiger partial charge in [-0.25, -0.2) is 13.9 Å². The molecule has 1 saturated carbocycles. The van der Waals surface area contributed by atoms with E-state index in [1.54, 1.807) is 4.68 Å². The van der Waals surface area contributed by atoms with Crippen LogP contribution in [-0.4, -0.2) is 28.0 Å². The summed E-state index contributed by atoms with van der Waals surface area (Å²) in [5.74, 6) is -1.31. The summed E-state index contributed by atoms with van der Waals surface area (Å²) in [5, 5.41) is 14.3. The van der Waals surface area contributed by atoms with E-state index >= 15 is 0 Å². The molecule has 0 spiro atoms. The van der Waals surface area contributed by atoms with Crippen LogP contribution < -0.4 is 9.46 Å². The second-order valence-corrected chi connectivity index (χ2v) is 10.00. The number of halogens is 1. The SMILES string of the molecule is COc1cc(C(=O)O)c(F)cc1NSc1ccn(-c2ccc(C3CCC(C)(C)CC3)cc2)n1. The molecule has 2 aromatic carbocycles. The molecule has 0 amide bonds. The van der Waals surface area contributed by atoms with Crippen LogP contribution in [0.1, 0.15) is 61.4 Å². The Bertz CT molecular complexity index is 1130. The number of carbonyl (C=O) groups is 1. The highest BCUT2D eigenvalue weighted by molar-refractivity contribution is 8.00. The zero-order chi connectivity index (χ0) is 23.6. The van der Waals surface area contributed by atoms with E-state index in [1.165, 1.54) is 50.3 Å². The van der Waals surface area contributed by atoms with Crippen molar-refractivity contribution in [3.8, 4) is 11.4 Å². The summed E-state index contributed by atoms with van der Waals surface area (Å²) >= 11 is 1.19. The van der Waals surface area contributed by atoms with Crippen LogP contribution in [0.2, 0.25) is 0 Å². The Kier molecular flexibility index (Phi) is 6.65. The number of aromatic nitrogens is 2. The fraction of sp³-hybridized carbons (Fsp3) is 0.360. The zero-order valence-corrected chi connectivity index (χ0v) is 19.8. The van der Waals surface area contributed by atoms with Gasteiger partial charge in [0.05, 0.1) is 24.0 Å². The average Bonchev–Trinajstić information content (AvgIpc) is 3.27. The van der Waals surface area contributed by atoms with E-state index in [1.807, 2.05) is 12.3 Å². The molecule has 0 atom stereocenters. The van der Waals surface area contributed by atoms with Gasteiger partial charge in [0, 0.05) is 24.2 Å². The molecule has 174 valence electrons. The third-order valence-corrected chi connectivity index (χ3v) is 7.07. The van der Waals surface area contributed by atoms with Crippen molar-refractivity contribution in [2.45, 2.75) is 50.5 Å². The zero-order valence-electron chi connectivity index (χ0n) is 19.0. The molecule has 1 aliphatic rings. The van der Waals surface area contributed by atoms with E-state index in [-0.39, 0.29) is 5.75 Å². The van der Waals surface area contributed by atoms with Crippen molar-refractivity contribution >= 4 is 23.6 Å². The van der Waals surface area contributed by atoms with Crippen LogP contribution in [0.3, 0.4) is 0 Å². The number of rotatable bonds is 7. The minimum Gasteiger partial charge on any atom is -0.495 e. The first-order valence-electron chi connectivity index (χ1n) is 11.0. The molecule has 1 fully saturated rings.